The monoisotopic (exact) mass is 526 g/mol. The van der Waals surface area contributed by atoms with E-state index in [4.69, 9.17) is 9.47 Å². The molecule has 2 N–H and O–H groups in total. The molecule has 0 aromatic heterocycles. The summed E-state index contributed by atoms with van der Waals surface area (Å²) in [6, 6.07) is 0. The fourth-order valence-electron chi connectivity index (χ4n) is 3.39. The van der Waals surface area contributed by atoms with Crippen LogP contribution in [0.2, 0.25) is 0 Å². The zero-order chi connectivity index (χ0) is 21.2. The number of hydrogen-bond donors (Lipinski definition) is 2. The predicted molar refractivity (Wildman–Crippen MR) is 130 cm³/mol. The van der Waals surface area contributed by atoms with Gasteiger partial charge in [0.2, 0.25) is 0 Å². The van der Waals surface area contributed by atoms with E-state index >= 15 is 0 Å². The average molecular weight is 527 g/mol. The van der Waals surface area contributed by atoms with E-state index in [-0.39, 0.29) is 35.6 Å². The Morgan fingerprint density at radius 2 is 1.79 bits per heavy atom. The van der Waals surface area contributed by atoms with Crippen molar-refractivity contribution in [3.05, 3.63) is 0 Å². The Kier molecular flexibility index (Phi) is 13.2. The molecule has 1 heterocycles. The number of carbonyl (C=O) groups excluding carboxylic acids is 1. The molecule has 1 aliphatic rings. The van der Waals surface area contributed by atoms with Crippen LogP contribution in [0.25, 0.3) is 0 Å². The second-order valence-corrected chi connectivity index (χ2v) is 8.78. The SMILES string of the molecule is CCC(CC)(CNC(=NC)N(C)CCC1CCOCC1)NC(=O)OC(C)(C)C.I. The van der Waals surface area contributed by atoms with Gasteiger partial charge in [0.05, 0.1) is 5.54 Å². The van der Waals surface area contributed by atoms with Gasteiger partial charge >= 0.3 is 6.09 Å². The molecule has 1 aliphatic heterocycles. The number of rotatable bonds is 8. The largest absolute Gasteiger partial charge is 0.444 e. The number of ether oxygens (including phenoxy) is 2. The Labute approximate surface area is 194 Å². The van der Waals surface area contributed by atoms with Crippen molar-refractivity contribution in [2.24, 2.45) is 10.9 Å². The highest BCUT2D eigenvalue weighted by Gasteiger charge is 2.31. The van der Waals surface area contributed by atoms with Gasteiger partial charge in [0.15, 0.2) is 5.96 Å². The number of carbonyl (C=O) groups is 1. The minimum Gasteiger partial charge on any atom is -0.444 e. The molecule has 1 rings (SSSR count). The summed E-state index contributed by atoms with van der Waals surface area (Å²) in [5, 5.41) is 6.53. The average Bonchev–Trinajstić information content (AvgIpc) is 2.65. The lowest BCUT2D eigenvalue weighted by molar-refractivity contribution is 0.0448. The third kappa shape index (κ3) is 10.7. The van der Waals surface area contributed by atoms with Crippen LogP contribution in [0, 0.1) is 5.92 Å². The summed E-state index contributed by atoms with van der Waals surface area (Å²) in [5.41, 5.74) is -0.884. The van der Waals surface area contributed by atoms with Crippen molar-refractivity contribution in [3.63, 3.8) is 0 Å². The summed E-state index contributed by atoms with van der Waals surface area (Å²) < 4.78 is 10.9. The molecule has 0 spiro atoms. The van der Waals surface area contributed by atoms with E-state index in [2.05, 4.69) is 41.4 Å². The van der Waals surface area contributed by atoms with Crippen LogP contribution in [0.5, 0.6) is 0 Å². The molecule has 1 saturated heterocycles. The molecule has 8 heteroatoms. The van der Waals surface area contributed by atoms with E-state index in [1.54, 1.807) is 7.05 Å². The third-order valence-corrected chi connectivity index (χ3v) is 5.49. The van der Waals surface area contributed by atoms with Crippen molar-refractivity contribution >= 4 is 36.0 Å². The fourth-order valence-corrected chi connectivity index (χ4v) is 3.39. The van der Waals surface area contributed by atoms with Gasteiger partial charge in [-0.1, -0.05) is 13.8 Å². The molecule has 1 fully saturated rings. The number of aliphatic imine (C=N–C) groups is 1. The van der Waals surface area contributed by atoms with Crippen LogP contribution in [0.15, 0.2) is 4.99 Å². The Hall–Kier alpha value is -0.770. The highest BCUT2D eigenvalue weighted by Crippen LogP contribution is 2.19. The molecule has 7 nitrogen and oxygen atoms in total. The Morgan fingerprint density at radius 3 is 2.28 bits per heavy atom. The van der Waals surface area contributed by atoms with E-state index in [9.17, 15) is 4.79 Å². The van der Waals surface area contributed by atoms with Crippen LogP contribution in [0.4, 0.5) is 4.79 Å². The molecule has 0 atom stereocenters. The van der Waals surface area contributed by atoms with Gasteiger partial charge in [-0.3, -0.25) is 4.99 Å². The van der Waals surface area contributed by atoms with Crippen LogP contribution < -0.4 is 10.6 Å². The lowest BCUT2D eigenvalue weighted by Crippen LogP contribution is -2.57. The molecule has 0 unspecified atom stereocenters. The van der Waals surface area contributed by atoms with Crippen LogP contribution >= 0.6 is 24.0 Å². The van der Waals surface area contributed by atoms with Gasteiger partial charge in [-0.2, -0.15) is 0 Å². The van der Waals surface area contributed by atoms with Crippen molar-refractivity contribution in [1.82, 2.24) is 15.5 Å². The molecule has 0 aliphatic carbocycles. The van der Waals surface area contributed by atoms with E-state index in [0.29, 0.717) is 6.54 Å². The summed E-state index contributed by atoms with van der Waals surface area (Å²) in [6.45, 7) is 13.1. The minimum absolute atomic E-state index is 0. The van der Waals surface area contributed by atoms with Gasteiger partial charge in [-0.15, -0.1) is 24.0 Å². The molecule has 0 aromatic carbocycles. The second-order valence-electron chi connectivity index (χ2n) is 8.78. The summed E-state index contributed by atoms with van der Waals surface area (Å²) >= 11 is 0. The van der Waals surface area contributed by atoms with Gasteiger partial charge in [0.25, 0.3) is 0 Å². The normalized spacial score (nSPS) is 16.0. The number of alkyl carbamates (subject to hydrolysis) is 1. The van der Waals surface area contributed by atoms with Crippen LogP contribution in [-0.2, 0) is 9.47 Å². The molecule has 29 heavy (non-hydrogen) atoms. The molecule has 172 valence electrons. The molecular formula is C21H43IN4O3. The molecule has 0 saturated carbocycles. The Morgan fingerprint density at radius 1 is 1.21 bits per heavy atom. The maximum Gasteiger partial charge on any atom is 0.408 e. The van der Waals surface area contributed by atoms with Crippen molar-refractivity contribution in [3.8, 4) is 0 Å². The lowest BCUT2D eigenvalue weighted by atomic mass is 9.93. The molecule has 1 amide bonds. The lowest BCUT2D eigenvalue weighted by Gasteiger charge is -2.35. The first kappa shape index (κ1) is 28.2. The number of amides is 1. The third-order valence-electron chi connectivity index (χ3n) is 5.49. The number of hydrogen-bond acceptors (Lipinski definition) is 4. The highest BCUT2D eigenvalue weighted by atomic mass is 127. The first-order chi connectivity index (χ1) is 13.1. The summed E-state index contributed by atoms with van der Waals surface area (Å²) in [4.78, 5) is 18.9. The first-order valence-electron chi connectivity index (χ1n) is 10.7. The van der Waals surface area contributed by atoms with Crippen LogP contribution in [0.1, 0.15) is 66.7 Å². The molecule has 0 aromatic rings. The van der Waals surface area contributed by atoms with E-state index < -0.39 is 5.60 Å². The topological polar surface area (TPSA) is 75.2 Å². The smallest absolute Gasteiger partial charge is 0.408 e. The standard InChI is InChI=1S/C21H42N4O3.HI/c1-8-21(9-2,24-19(26)28-20(3,4)5)16-23-18(22-6)25(7)13-10-17-11-14-27-15-12-17;/h17H,8-16H2,1-7H3,(H,22,23)(H,24,26);1H. The second kappa shape index (κ2) is 13.5. The van der Waals surface area contributed by atoms with Gasteiger partial charge in [-0.25, -0.2) is 4.79 Å². The zero-order valence-electron chi connectivity index (χ0n) is 19.5. The molecule has 0 bridgehead atoms. The summed E-state index contributed by atoms with van der Waals surface area (Å²) in [5.74, 6) is 1.58. The molecule has 0 radical (unpaired) electrons. The van der Waals surface area contributed by atoms with Crippen LogP contribution in [0.3, 0.4) is 0 Å². The number of nitrogens with one attached hydrogen (secondary N) is 2. The fraction of sp³-hybridized carbons (Fsp3) is 0.905. The van der Waals surface area contributed by atoms with Crippen LogP contribution in [-0.4, -0.2) is 68.5 Å². The Balaban J connectivity index is 0.00000784. The Bertz CT molecular complexity index is 499. The summed E-state index contributed by atoms with van der Waals surface area (Å²) in [6.07, 6.45) is 4.67. The van der Waals surface area contributed by atoms with Gasteiger partial charge in [0, 0.05) is 40.4 Å². The number of nitrogens with zero attached hydrogens (tertiary/aromatic N) is 2. The van der Waals surface area contributed by atoms with E-state index in [1.807, 2.05) is 20.8 Å². The number of guanidine groups is 1. The van der Waals surface area contributed by atoms with Crippen molar-refractivity contribution in [2.75, 3.05) is 40.4 Å². The van der Waals surface area contributed by atoms with Crippen molar-refractivity contribution in [2.45, 2.75) is 77.9 Å². The zero-order valence-corrected chi connectivity index (χ0v) is 21.8. The van der Waals surface area contributed by atoms with Crippen molar-refractivity contribution in [1.29, 1.82) is 0 Å². The van der Waals surface area contributed by atoms with Crippen molar-refractivity contribution < 1.29 is 14.3 Å². The van der Waals surface area contributed by atoms with Gasteiger partial charge in [0.1, 0.15) is 5.60 Å². The van der Waals surface area contributed by atoms with E-state index in [0.717, 1.165) is 63.7 Å². The molecular weight excluding hydrogens is 483 g/mol. The highest BCUT2D eigenvalue weighted by molar-refractivity contribution is 14.0. The minimum atomic E-state index is -0.509. The van der Waals surface area contributed by atoms with E-state index in [1.165, 1.54) is 0 Å². The predicted octanol–water partition coefficient (Wildman–Crippen LogP) is 4.01. The van der Waals surface area contributed by atoms with Gasteiger partial charge in [-0.05, 0) is 58.8 Å². The maximum atomic E-state index is 12.3. The summed E-state index contributed by atoms with van der Waals surface area (Å²) in [7, 11) is 3.86. The first-order valence-corrected chi connectivity index (χ1v) is 10.7. The quantitative estimate of drug-likeness (QED) is 0.284. The van der Waals surface area contributed by atoms with Gasteiger partial charge < -0.3 is 25.0 Å². The number of halogens is 1. The maximum absolute atomic E-state index is 12.3.